The molecule has 25 rings (SSSR count). The molecule has 0 saturated heterocycles. The molecule has 0 N–H and O–H groups in total. The average molecular weight is 1670 g/mol. The van der Waals surface area contributed by atoms with Gasteiger partial charge in [-0.15, -0.1) is 0 Å². The van der Waals surface area contributed by atoms with Gasteiger partial charge in [-0.05, 0) is 179 Å². The Hall–Kier alpha value is -17.3. The fourth-order valence-electron chi connectivity index (χ4n) is 19.6. The lowest BCUT2D eigenvalue weighted by atomic mass is 9.97. The van der Waals surface area contributed by atoms with E-state index in [0.717, 1.165) is 183 Å². The molecule has 0 aliphatic rings. The van der Waals surface area contributed by atoms with Crippen LogP contribution in [0.3, 0.4) is 0 Å². The van der Waals surface area contributed by atoms with Crippen molar-refractivity contribution < 1.29 is 17.6 Å². The van der Waals surface area contributed by atoms with E-state index in [1.54, 1.807) is 0 Å². The Morgan fingerprint density at radius 1 is 0.147 bits per heavy atom. The third-order valence-electron chi connectivity index (χ3n) is 25.2. The maximum absolute atomic E-state index is 15.7. The molecule has 0 aliphatic heterocycles. The molecule has 25 aromatic rings. The summed E-state index contributed by atoms with van der Waals surface area (Å²) in [5, 5.41) is 10.7. The Kier molecular flexibility index (Phi) is 17.1. The Bertz CT molecular complexity index is 8730. The molecule has 15 heteroatoms. The summed E-state index contributed by atoms with van der Waals surface area (Å²) in [4.78, 5) is 30.9. The molecule has 0 radical (unpaired) electrons. The topological polar surface area (TPSA) is 102 Å². The van der Waals surface area contributed by atoms with E-state index in [1.807, 2.05) is 164 Å². The summed E-state index contributed by atoms with van der Waals surface area (Å²) < 4.78 is 74.0. The van der Waals surface area contributed by atoms with Gasteiger partial charge >= 0.3 is 0 Å². The number of aromatic nitrogens is 11. The van der Waals surface area contributed by atoms with Gasteiger partial charge in [0.15, 0.2) is 34.9 Å². The van der Waals surface area contributed by atoms with E-state index in [2.05, 4.69) is 229 Å². The molecule has 11 nitrogen and oxygen atoms in total. The van der Waals surface area contributed by atoms with Crippen LogP contribution in [0.4, 0.5) is 17.6 Å². The van der Waals surface area contributed by atoms with Crippen LogP contribution in [0.2, 0.25) is 0 Å². The molecule has 129 heavy (non-hydrogen) atoms. The smallest absolute Gasteiger partial charge is 0.164 e. The molecular weight excluding hydrogens is 1600 g/mol. The highest BCUT2D eigenvalue weighted by molar-refractivity contribution is 6.19. The molecule has 7 heterocycles. The summed E-state index contributed by atoms with van der Waals surface area (Å²) in [6, 6.07) is 135. The third kappa shape index (κ3) is 12.3. The Morgan fingerprint density at radius 3 is 0.853 bits per heavy atom. The minimum atomic E-state index is -0.710. The van der Waals surface area contributed by atoms with Gasteiger partial charge < -0.3 is 22.8 Å². The van der Waals surface area contributed by atoms with E-state index in [0.29, 0.717) is 68.3 Å². The number of hydrogen-bond donors (Lipinski definition) is 0. The summed E-state index contributed by atoms with van der Waals surface area (Å²) in [6.07, 6.45) is 0. The number of para-hydroxylation sites is 5. The molecule has 0 fully saturated rings. The Morgan fingerprint density at radius 2 is 0.434 bits per heavy atom. The lowest BCUT2D eigenvalue weighted by Crippen LogP contribution is -2.03. The zero-order chi connectivity index (χ0) is 85.6. The van der Waals surface area contributed by atoms with Gasteiger partial charge in [-0.1, -0.05) is 249 Å². The van der Waals surface area contributed by atoms with E-state index in [1.165, 1.54) is 24.3 Å². The van der Waals surface area contributed by atoms with Gasteiger partial charge in [0.2, 0.25) is 0 Å². The van der Waals surface area contributed by atoms with Crippen LogP contribution < -0.4 is 0 Å². The normalized spacial score (nSPS) is 11.9. The largest absolute Gasteiger partial charge is 0.309 e. The van der Waals surface area contributed by atoms with E-state index >= 15 is 17.6 Å². The number of nitrogens with zero attached hydrogens (tertiary/aromatic N) is 11. The molecule has 0 atom stereocenters. The number of benzene rings is 18. The average Bonchev–Trinajstić information content (AvgIpc) is 1.59. The second kappa shape index (κ2) is 29.7. The van der Waals surface area contributed by atoms with Crippen molar-refractivity contribution in [3.8, 4) is 130 Å². The lowest BCUT2D eigenvalue weighted by Gasteiger charge is -2.16. The van der Waals surface area contributed by atoms with Crippen LogP contribution in [0.25, 0.3) is 239 Å². The quantitative estimate of drug-likeness (QED) is 0.101. The summed E-state index contributed by atoms with van der Waals surface area (Å²) in [5.41, 5.74) is 22.5. The highest BCUT2D eigenvalue weighted by atomic mass is 19.1. The zero-order valence-corrected chi connectivity index (χ0v) is 68.6. The number of hydrogen-bond acceptors (Lipinski definition) is 6. The number of fused-ring (bicyclic) bond motifs is 15. The second-order valence-corrected chi connectivity index (χ2v) is 32.7. The fourth-order valence-corrected chi connectivity index (χ4v) is 19.6. The monoisotopic (exact) mass is 1670 g/mol. The fraction of sp³-hybridized carbons (Fsp3) is 0. The van der Waals surface area contributed by atoms with E-state index in [4.69, 9.17) is 29.9 Å². The molecule has 0 spiro atoms. The summed E-state index contributed by atoms with van der Waals surface area (Å²) >= 11 is 0. The van der Waals surface area contributed by atoms with Crippen molar-refractivity contribution in [2.75, 3.05) is 0 Å². The van der Waals surface area contributed by atoms with Gasteiger partial charge in [0.05, 0.1) is 55.2 Å². The van der Waals surface area contributed by atoms with E-state index in [-0.39, 0.29) is 0 Å². The van der Waals surface area contributed by atoms with Crippen LogP contribution in [-0.2, 0) is 0 Å². The predicted molar refractivity (Wildman–Crippen MR) is 514 cm³/mol. The van der Waals surface area contributed by atoms with Crippen molar-refractivity contribution in [3.05, 3.63) is 430 Å². The van der Waals surface area contributed by atoms with Crippen molar-refractivity contribution in [1.82, 2.24) is 52.7 Å². The van der Waals surface area contributed by atoms with Crippen LogP contribution in [0.15, 0.2) is 406 Å². The molecule has 7 aromatic heterocycles. The molecule has 18 aromatic carbocycles. The number of rotatable bonds is 14. The minimum absolute atomic E-state index is 0.326. The van der Waals surface area contributed by atoms with Crippen molar-refractivity contribution in [2.24, 2.45) is 0 Å². The molecule has 0 saturated carbocycles. The standard InChI is InChI=1S/C114H67F4N11/c115-75-56-73(57-76(116)61-75)84-50-45-79(65-96(84)113-121-109(68-24-5-1-6-25-68)119-110(122-113)69-26-7-2-8-27-69)127-104-54-48-81(125-98-38-18-13-32-87(98)88-33-14-19-39-99(88)125)63-94(104)95-64-82(49-55-105(95)127)126-101-41-21-16-35-90(101)93-60-72(44-53-103(93)126)86-37-23-43-106-108(86)92-36-17-22-42-102(92)128(106)83-47-52-91-89-34-15-20-40-100(89)129(107(91)67-83)80-46-51-85(74-58-77(117)62-78(118)59-74)97(66-80)114-123-111(70-28-9-3-10-29-70)120-112(124-114)71-30-11-4-12-31-71/h1-67H. The van der Waals surface area contributed by atoms with Crippen LogP contribution in [0, 0.1) is 23.3 Å². The molecule has 0 unspecified atom stereocenters. The van der Waals surface area contributed by atoms with Crippen molar-refractivity contribution in [2.45, 2.75) is 0 Å². The Balaban J connectivity index is 0.651. The van der Waals surface area contributed by atoms with Gasteiger partial charge in [-0.2, -0.15) is 0 Å². The van der Waals surface area contributed by atoms with Crippen LogP contribution in [0.5, 0.6) is 0 Å². The van der Waals surface area contributed by atoms with Gasteiger partial charge in [-0.25, -0.2) is 47.5 Å². The van der Waals surface area contributed by atoms with E-state index in [9.17, 15) is 0 Å². The molecule has 606 valence electrons. The molecular formula is C114H67F4N11. The third-order valence-corrected chi connectivity index (χ3v) is 25.2. The first-order valence-corrected chi connectivity index (χ1v) is 42.7. The van der Waals surface area contributed by atoms with Crippen molar-refractivity contribution >= 4 is 109 Å². The van der Waals surface area contributed by atoms with Gasteiger partial charge in [0.1, 0.15) is 23.3 Å². The molecule has 0 aliphatic carbocycles. The lowest BCUT2D eigenvalue weighted by molar-refractivity contribution is 0.583. The predicted octanol–water partition coefficient (Wildman–Crippen LogP) is 29.1. The maximum Gasteiger partial charge on any atom is 0.164 e. The summed E-state index contributed by atoms with van der Waals surface area (Å²) in [6.45, 7) is 0. The van der Waals surface area contributed by atoms with Crippen LogP contribution in [-0.4, -0.2) is 52.7 Å². The van der Waals surface area contributed by atoms with Gasteiger partial charge in [0, 0.05) is 128 Å². The maximum atomic E-state index is 15.7. The van der Waals surface area contributed by atoms with E-state index < -0.39 is 23.3 Å². The Labute approximate surface area is 734 Å². The zero-order valence-electron chi connectivity index (χ0n) is 68.6. The van der Waals surface area contributed by atoms with Gasteiger partial charge in [0.25, 0.3) is 0 Å². The summed E-state index contributed by atoms with van der Waals surface area (Å²) in [7, 11) is 0. The SMILES string of the molecule is Fc1cc(F)cc(-c2ccc(-n3c4ccc(-n5c6ccccc6c6ccccc65)cc4c4cc(-n5c6ccccc6c6cc(-c7cccc8c7c7ccccc7n8-c7ccc8c9ccccc9n(-c9ccc(-c%10cc(F)cc(F)c%10)c(-c%10nc(-c%11ccccc%11)nc(-c%11ccccc%11)n%10)c9)c8c7)ccc65)ccc43)cc2-c2nc(-c3ccccc3)nc(-c3ccccc3)n2)c1. The van der Waals surface area contributed by atoms with Crippen molar-refractivity contribution in [1.29, 1.82) is 0 Å². The summed E-state index contributed by atoms with van der Waals surface area (Å²) in [5.74, 6) is -0.389. The van der Waals surface area contributed by atoms with Crippen LogP contribution in [0.1, 0.15) is 0 Å². The first-order chi connectivity index (χ1) is 63.6. The highest BCUT2D eigenvalue weighted by Crippen LogP contribution is 2.47. The first kappa shape index (κ1) is 74.3. The number of halogens is 4. The first-order valence-electron chi connectivity index (χ1n) is 42.7. The minimum Gasteiger partial charge on any atom is -0.309 e. The second-order valence-electron chi connectivity index (χ2n) is 32.7. The van der Waals surface area contributed by atoms with Gasteiger partial charge in [-0.3, -0.25) is 0 Å². The van der Waals surface area contributed by atoms with Crippen LogP contribution >= 0.6 is 0 Å². The highest BCUT2D eigenvalue weighted by Gasteiger charge is 2.28. The molecule has 0 amide bonds. The molecule has 0 bridgehead atoms. The van der Waals surface area contributed by atoms with Crippen molar-refractivity contribution in [3.63, 3.8) is 0 Å².